The fourth-order valence-electron chi connectivity index (χ4n) is 2.32. The topological polar surface area (TPSA) is 35.3 Å². The molecule has 0 saturated carbocycles. The first-order chi connectivity index (χ1) is 14.7. The molecule has 3 rings (SSSR count). The summed E-state index contributed by atoms with van der Waals surface area (Å²) >= 11 is 0. The van der Waals surface area contributed by atoms with E-state index >= 15 is 0 Å². The minimum absolute atomic E-state index is 0.0846. The molecule has 0 saturated heterocycles. The van der Waals surface area contributed by atoms with Gasteiger partial charge in [0.25, 0.3) is 0 Å². The van der Waals surface area contributed by atoms with Crippen molar-refractivity contribution in [3.8, 4) is 5.75 Å². The Morgan fingerprint density at radius 2 is 1.52 bits per heavy atom. The van der Waals surface area contributed by atoms with E-state index in [9.17, 15) is 0 Å². The van der Waals surface area contributed by atoms with Crippen LogP contribution in [0.4, 0.5) is 0 Å². The Hall–Kier alpha value is -2.81. The van der Waals surface area contributed by atoms with E-state index in [1.54, 1.807) is 6.08 Å². The largest absolute Gasteiger partial charge is 0.489 e. The standard InChI is InChI=1S/C15H16O.C8H13NO.C3H6.C2H6/c1-12-6-8-15(9-7-12)16-11-14-5-3-4-13(2)10-14;1-6-5-7(10-9-6)8(2,3)4;1-3-2;1-2/h3-10H,11H2,1-2H3;5H,1-4H3;3H,1H2,2H3;1-2H3. The highest BCUT2D eigenvalue weighted by Crippen LogP contribution is 2.22. The average molecular weight is 424 g/mol. The Morgan fingerprint density at radius 1 is 0.935 bits per heavy atom. The zero-order valence-electron chi connectivity index (χ0n) is 21.0. The van der Waals surface area contributed by atoms with Gasteiger partial charge in [0, 0.05) is 11.5 Å². The lowest BCUT2D eigenvalue weighted by Crippen LogP contribution is -2.09. The third-order valence-corrected chi connectivity index (χ3v) is 3.88. The zero-order chi connectivity index (χ0) is 23.9. The van der Waals surface area contributed by atoms with Crippen LogP contribution in [-0.4, -0.2) is 5.16 Å². The van der Waals surface area contributed by atoms with E-state index in [0.717, 1.165) is 17.2 Å². The van der Waals surface area contributed by atoms with Gasteiger partial charge in [0.1, 0.15) is 18.1 Å². The highest BCUT2D eigenvalue weighted by atomic mass is 16.5. The maximum Gasteiger partial charge on any atom is 0.142 e. The second kappa shape index (κ2) is 15.1. The van der Waals surface area contributed by atoms with Gasteiger partial charge >= 0.3 is 0 Å². The van der Waals surface area contributed by atoms with Gasteiger partial charge in [-0.2, -0.15) is 0 Å². The second-order valence-corrected chi connectivity index (χ2v) is 8.08. The Morgan fingerprint density at radius 3 is 1.94 bits per heavy atom. The molecule has 170 valence electrons. The van der Waals surface area contributed by atoms with Crippen molar-refractivity contribution in [2.24, 2.45) is 0 Å². The number of nitrogens with zero attached hydrogens (tertiary/aromatic N) is 1. The summed E-state index contributed by atoms with van der Waals surface area (Å²) in [7, 11) is 0. The Kier molecular flexibility index (Phi) is 13.7. The summed E-state index contributed by atoms with van der Waals surface area (Å²) in [6, 6.07) is 18.5. The number of rotatable bonds is 3. The van der Waals surface area contributed by atoms with Crippen molar-refractivity contribution in [1.29, 1.82) is 0 Å². The molecule has 0 bridgehead atoms. The van der Waals surface area contributed by atoms with Crippen LogP contribution in [0.2, 0.25) is 0 Å². The fourth-order valence-corrected chi connectivity index (χ4v) is 2.32. The first-order valence-corrected chi connectivity index (χ1v) is 10.9. The highest BCUT2D eigenvalue weighted by Gasteiger charge is 2.18. The summed E-state index contributed by atoms with van der Waals surface area (Å²) in [6.07, 6.45) is 1.75. The van der Waals surface area contributed by atoms with E-state index in [1.807, 2.05) is 45.9 Å². The molecule has 3 nitrogen and oxygen atoms in total. The number of benzene rings is 2. The molecule has 0 spiro atoms. The van der Waals surface area contributed by atoms with Crippen molar-refractivity contribution in [1.82, 2.24) is 5.16 Å². The molecule has 1 aromatic heterocycles. The van der Waals surface area contributed by atoms with E-state index < -0.39 is 0 Å². The molecule has 0 aliphatic rings. The molecular weight excluding hydrogens is 382 g/mol. The maximum absolute atomic E-state index is 5.70. The molecule has 0 atom stereocenters. The summed E-state index contributed by atoms with van der Waals surface area (Å²) in [5.74, 6) is 1.87. The predicted molar refractivity (Wildman–Crippen MR) is 134 cm³/mol. The SMILES string of the molecule is C=CC.CC.Cc1cc(C(C)(C)C)on1.Cc1ccc(OCc2cccc(C)c2)cc1. The van der Waals surface area contributed by atoms with E-state index in [-0.39, 0.29) is 5.41 Å². The molecule has 0 aliphatic heterocycles. The third-order valence-electron chi connectivity index (χ3n) is 3.88. The number of hydrogen-bond acceptors (Lipinski definition) is 3. The van der Waals surface area contributed by atoms with Crippen molar-refractivity contribution in [2.45, 2.75) is 74.3 Å². The van der Waals surface area contributed by atoms with Crippen LogP contribution >= 0.6 is 0 Å². The summed E-state index contributed by atoms with van der Waals surface area (Å²) in [4.78, 5) is 0. The smallest absolute Gasteiger partial charge is 0.142 e. The summed E-state index contributed by atoms with van der Waals surface area (Å²) < 4.78 is 10.8. The van der Waals surface area contributed by atoms with Gasteiger partial charge in [-0.3, -0.25) is 0 Å². The van der Waals surface area contributed by atoms with Gasteiger partial charge < -0.3 is 9.26 Å². The number of allylic oxidation sites excluding steroid dienone is 1. The monoisotopic (exact) mass is 423 g/mol. The average Bonchev–Trinajstić information content (AvgIpc) is 3.17. The highest BCUT2D eigenvalue weighted by molar-refractivity contribution is 5.27. The maximum atomic E-state index is 5.70. The molecule has 0 N–H and O–H groups in total. The normalized spacial score (nSPS) is 9.71. The summed E-state index contributed by atoms with van der Waals surface area (Å²) in [5, 5.41) is 3.81. The summed E-state index contributed by atoms with van der Waals surface area (Å²) in [5.41, 5.74) is 4.76. The molecule has 2 aromatic carbocycles. The van der Waals surface area contributed by atoms with Crippen molar-refractivity contribution in [3.63, 3.8) is 0 Å². The number of hydrogen-bond donors (Lipinski definition) is 0. The molecule has 3 aromatic rings. The van der Waals surface area contributed by atoms with Crippen LogP contribution in [0.15, 0.2) is 71.8 Å². The number of aromatic nitrogens is 1. The molecule has 3 heteroatoms. The molecule has 1 heterocycles. The summed E-state index contributed by atoms with van der Waals surface area (Å²) in [6.45, 7) is 22.3. The minimum Gasteiger partial charge on any atom is -0.489 e. The quantitative estimate of drug-likeness (QED) is 0.397. The van der Waals surface area contributed by atoms with Crippen LogP contribution in [0.25, 0.3) is 0 Å². The number of ether oxygens (including phenoxy) is 1. The second-order valence-electron chi connectivity index (χ2n) is 8.08. The lowest BCUT2D eigenvalue weighted by atomic mass is 9.93. The van der Waals surface area contributed by atoms with Gasteiger partial charge in [-0.05, 0) is 45.4 Å². The predicted octanol–water partition coefficient (Wildman–Crippen LogP) is 8.38. The van der Waals surface area contributed by atoms with Crippen LogP contribution in [0, 0.1) is 20.8 Å². The molecule has 0 fully saturated rings. The van der Waals surface area contributed by atoms with E-state index in [4.69, 9.17) is 9.26 Å². The third kappa shape index (κ3) is 12.5. The van der Waals surface area contributed by atoms with Gasteiger partial charge in [-0.25, -0.2) is 0 Å². The van der Waals surface area contributed by atoms with Crippen LogP contribution in [-0.2, 0) is 12.0 Å². The molecule has 31 heavy (non-hydrogen) atoms. The first kappa shape index (κ1) is 28.2. The van der Waals surface area contributed by atoms with Crippen molar-refractivity contribution in [2.75, 3.05) is 0 Å². The number of aryl methyl sites for hydroxylation is 3. The molecule has 0 unspecified atom stereocenters. The minimum atomic E-state index is 0.0846. The molecule has 0 radical (unpaired) electrons. The van der Waals surface area contributed by atoms with E-state index in [1.165, 1.54) is 16.7 Å². The van der Waals surface area contributed by atoms with Crippen molar-refractivity contribution in [3.05, 3.63) is 95.4 Å². The zero-order valence-corrected chi connectivity index (χ0v) is 21.0. The Bertz CT molecular complexity index is 855. The van der Waals surface area contributed by atoms with E-state index in [0.29, 0.717) is 6.61 Å². The van der Waals surface area contributed by atoms with Gasteiger partial charge in [0.2, 0.25) is 0 Å². The van der Waals surface area contributed by atoms with Gasteiger partial charge in [-0.15, -0.1) is 6.58 Å². The molecular formula is C28H41NO2. The lowest BCUT2D eigenvalue weighted by Gasteiger charge is -2.11. The lowest BCUT2D eigenvalue weighted by molar-refractivity contribution is 0.306. The Balaban J connectivity index is 0.000000515. The van der Waals surface area contributed by atoms with Gasteiger partial charge in [0.05, 0.1) is 5.69 Å². The van der Waals surface area contributed by atoms with Gasteiger partial charge in [0.15, 0.2) is 0 Å². The first-order valence-electron chi connectivity index (χ1n) is 10.9. The van der Waals surface area contributed by atoms with Crippen LogP contribution < -0.4 is 4.74 Å². The van der Waals surface area contributed by atoms with Crippen molar-refractivity contribution >= 4 is 0 Å². The van der Waals surface area contributed by atoms with Crippen LogP contribution in [0.5, 0.6) is 5.75 Å². The Labute approximate surface area is 190 Å². The molecule has 0 aliphatic carbocycles. The fraction of sp³-hybridized carbons (Fsp3) is 0.393. The van der Waals surface area contributed by atoms with Crippen molar-refractivity contribution < 1.29 is 9.26 Å². The van der Waals surface area contributed by atoms with Crippen LogP contribution in [0.1, 0.15) is 69.7 Å². The van der Waals surface area contributed by atoms with E-state index in [2.05, 4.69) is 82.8 Å². The molecule has 0 amide bonds. The van der Waals surface area contributed by atoms with Crippen LogP contribution in [0.3, 0.4) is 0 Å². The van der Waals surface area contributed by atoms with Gasteiger partial charge in [-0.1, -0.05) is 93.4 Å².